The number of aromatic nitrogens is 2. The van der Waals surface area contributed by atoms with Crippen LogP contribution in [0.2, 0.25) is 0 Å². The summed E-state index contributed by atoms with van der Waals surface area (Å²) < 4.78 is 1.44. The number of nitrogens with one attached hydrogen (secondary N) is 1. The number of hydrogen-bond donors (Lipinski definition) is 3. The number of aliphatic hydroxyl groups excluding tert-OH is 2. The van der Waals surface area contributed by atoms with Gasteiger partial charge < -0.3 is 10.2 Å². The van der Waals surface area contributed by atoms with E-state index in [-0.39, 0.29) is 24.1 Å². The lowest BCUT2D eigenvalue weighted by Crippen LogP contribution is -2.32. The molecule has 0 aliphatic heterocycles. The van der Waals surface area contributed by atoms with Crippen molar-refractivity contribution in [2.45, 2.75) is 31.9 Å². The minimum absolute atomic E-state index is 0.0885. The molecular weight excluding hydrogens is 224 g/mol. The van der Waals surface area contributed by atoms with Gasteiger partial charge in [0.15, 0.2) is 0 Å². The van der Waals surface area contributed by atoms with Gasteiger partial charge in [0.1, 0.15) is 0 Å². The number of hydrogen-bond acceptors (Lipinski definition) is 4. The SMILES string of the molecule is Cc1cn([C@@H]2C[C@@H](CO)[C@H](O)C2)c(=O)[nH]c1=O. The van der Waals surface area contributed by atoms with E-state index >= 15 is 0 Å². The number of aliphatic hydroxyl groups is 2. The van der Waals surface area contributed by atoms with Crippen LogP contribution in [0.25, 0.3) is 0 Å². The third-order valence-electron chi connectivity index (χ3n) is 3.41. The highest BCUT2D eigenvalue weighted by Gasteiger charge is 2.33. The highest BCUT2D eigenvalue weighted by Crippen LogP contribution is 2.33. The van der Waals surface area contributed by atoms with E-state index in [0.717, 1.165) is 0 Å². The van der Waals surface area contributed by atoms with Gasteiger partial charge >= 0.3 is 5.69 Å². The minimum Gasteiger partial charge on any atom is -0.396 e. The zero-order chi connectivity index (χ0) is 12.6. The van der Waals surface area contributed by atoms with Gasteiger partial charge in [0.25, 0.3) is 5.56 Å². The Morgan fingerprint density at radius 3 is 2.76 bits per heavy atom. The van der Waals surface area contributed by atoms with Gasteiger partial charge in [-0.05, 0) is 19.8 Å². The number of aryl methyl sites for hydroxylation is 1. The molecule has 6 nitrogen and oxygen atoms in total. The molecule has 0 amide bonds. The molecule has 0 radical (unpaired) electrons. The van der Waals surface area contributed by atoms with Gasteiger partial charge in [0, 0.05) is 30.3 Å². The molecular formula is C11H16N2O4. The van der Waals surface area contributed by atoms with Crippen LogP contribution in [0.3, 0.4) is 0 Å². The Morgan fingerprint density at radius 2 is 2.18 bits per heavy atom. The molecule has 1 fully saturated rings. The summed E-state index contributed by atoms with van der Waals surface area (Å²) in [7, 11) is 0. The van der Waals surface area contributed by atoms with Crippen molar-refractivity contribution in [3.05, 3.63) is 32.6 Å². The van der Waals surface area contributed by atoms with E-state index in [1.807, 2.05) is 0 Å². The predicted octanol–water partition coefficient (Wildman–Crippen LogP) is -0.851. The molecule has 3 N–H and O–H groups in total. The van der Waals surface area contributed by atoms with Crippen LogP contribution in [0.4, 0.5) is 0 Å². The van der Waals surface area contributed by atoms with Crippen molar-refractivity contribution in [3.63, 3.8) is 0 Å². The van der Waals surface area contributed by atoms with Crippen molar-refractivity contribution in [3.8, 4) is 0 Å². The average Bonchev–Trinajstić information content (AvgIpc) is 2.65. The van der Waals surface area contributed by atoms with Crippen LogP contribution >= 0.6 is 0 Å². The Balaban J connectivity index is 2.34. The Morgan fingerprint density at radius 1 is 1.47 bits per heavy atom. The summed E-state index contributed by atoms with van der Waals surface area (Å²) in [6, 6.07) is -0.162. The van der Waals surface area contributed by atoms with Crippen LogP contribution < -0.4 is 11.2 Å². The van der Waals surface area contributed by atoms with Gasteiger partial charge in [0.05, 0.1) is 6.10 Å². The summed E-state index contributed by atoms with van der Waals surface area (Å²) in [6.07, 6.45) is 1.89. The molecule has 0 saturated heterocycles. The Bertz CT molecular complexity index is 519. The van der Waals surface area contributed by atoms with Gasteiger partial charge in [-0.2, -0.15) is 0 Å². The van der Waals surface area contributed by atoms with E-state index in [1.165, 1.54) is 10.8 Å². The first-order valence-corrected chi connectivity index (χ1v) is 5.64. The van der Waals surface area contributed by atoms with Gasteiger partial charge in [0.2, 0.25) is 0 Å². The monoisotopic (exact) mass is 240 g/mol. The fraction of sp³-hybridized carbons (Fsp3) is 0.636. The number of H-pyrrole nitrogens is 1. The van der Waals surface area contributed by atoms with E-state index in [1.54, 1.807) is 6.92 Å². The Kier molecular flexibility index (Phi) is 3.17. The number of rotatable bonds is 2. The number of aromatic amines is 1. The zero-order valence-electron chi connectivity index (χ0n) is 9.59. The molecule has 3 atom stereocenters. The molecule has 1 saturated carbocycles. The lowest BCUT2D eigenvalue weighted by Gasteiger charge is -2.13. The second-order valence-electron chi connectivity index (χ2n) is 4.61. The quantitative estimate of drug-likeness (QED) is 0.627. The maximum absolute atomic E-state index is 11.6. The molecule has 0 spiro atoms. The van der Waals surface area contributed by atoms with Crippen LogP contribution in [0.5, 0.6) is 0 Å². The number of nitrogens with zero attached hydrogens (tertiary/aromatic N) is 1. The molecule has 2 rings (SSSR count). The van der Waals surface area contributed by atoms with Crippen molar-refractivity contribution in [2.24, 2.45) is 5.92 Å². The predicted molar refractivity (Wildman–Crippen MR) is 60.9 cm³/mol. The highest BCUT2D eigenvalue weighted by atomic mass is 16.3. The third kappa shape index (κ3) is 2.18. The van der Waals surface area contributed by atoms with Crippen LogP contribution in [-0.2, 0) is 0 Å². The first-order chi connectivity index (χ1) is 8.02. The molecule has 1 aromatic rings. The largest absolute Gasteiger partial charge is 0.396 e. The summed E-state index contributed by atoms with van der Waals surface area (Å²) >= 11 is 0. The van der Waals surface area contributed by atoms with Crippen molar-refractivity contribution >= 4 is 0 Å². The molecule has 0 aromatic carbocycles. The normalized spacial score (nSPS) is 28.5. The van der Waals surface area contributed by atoms with E-state index in [9.17, 15) is 14.7 Å². The van der Waals surface area contributed by atoms with Crippen molar-refractivity contribution < 1.29 is 10.2 Å². The topological polar surface area (TPSA) is 95.3 Å². The van der Waals surface area contributed by atoms with Crippen LogP contribution in [0.15, 0.2) is 15.8 Å². The summed E-state index contributed by atoms with van der Waals surface area (Å²) in [4.78, 5) is 25.1. The van der Waals surface area contributed by atoms with Gasteiger partial charge in [-0.1, -0.05) is 0 Å². The Labute approximate surface area is 97.5 Å². The molecule has 94 valence electrons. The molecule has 1 aliphatic rings. The van der Waals surface area contributed by atoms with Crippen molar-refractivity contribution in [1.29, 1.82) is 0 Å². The van der Waals surface area contributed by atoms with Crippen molar-refractivity contribution in [1.82, 2.24) is 9.55 Å². The smallest absolute Gasteiger partial charge is 0.328 e. The zero-order valence-corrected chi connectivity index (χ0v) is 9.59. The van der Waals surface area contributed by atoms with Gasteiger partial charge in [-0.3, -0.25) is 14.3 Å². The lowest BCUT2D eigenvalue weighted by atomic mass is 10.1. The third-order valence-corrected chi connectivity index (χ3v) is 3.41. The molecule has 0 unspecified atom stereocenters. The van der Waals surface area contributed by atoms with E-state index in [0.29, 0.717) is 18.4 Å². The molecule has 17 heavy (non-hydrogen) atoms. The minimum atomic E-state index is -0.593. The van der Waals surface area contributed by atoms with Crippen LogP contribution in [0.1, 0.15) is 24.4 Å². The fourth-order valence-electron chi connectivity index (χ4n) is 2.35. The maximum atomic E-state index is 11.6. The first kappa shape index (κ1) is 12.1. The van der Waals surface area contributed by atoms with E-state index in [4.69, 9.17) is 5.11 Å². The van der Waals surface area contributed by atoms with Gasteiger partial charge in [-0.25, -0.2) is 4.79 Å². The van der Waals surface area contributed by atoms with Crippen molar-refractivity contribution in [2.75, 3.05) is 6.61 Å². The summed E-state index contributed by atoms with van der Waals surface area (Å²) in [5.41, 5.74) is -0.383. The van der Waals surface area contributed by atoms with E-state index < -0.39 is 11.8 Å². The molecule has 6 heteroatoms. The second-order valence-corrected chi connectivity index (χ2v) is 4.61. The van der Waals surface area contributed by atoms with Crippen LogP contribution in [0, 0.1) is 12.8 Å². The van der Waals surface area contributed by atoms with E-state index in [2.05, 4.69) is 4.98 Å². The first-order valence-electron chi connectivity index (χ1n) is 5.64. The molecule has 1 heterocycles. The fourth-order valence-corrected chi connectivity index (χ4v) is 2.35. The standard InChI is InChI=1S/C11H16N2O4/c1-6-4-13(11(17)12-10(6)16)8-2-7(5-14)9(15)3-8/h4,7-9,14-15H,2-3,5H2,1H3,(H,12,16,17)/t7-,8+,9+/m0/s1. The van der Waals surface area contributed by atoms with Gasteiger partial charge in [-0.15, -0.1) is 0 Å². The second kappa shape index (κ2) is 4.46. The summed E-state index contributed by atoms with van der Waals surface area (Å²) in [5, 5.41) is 18.8. The average molecular weight is 240 g/mol. The summed E-state index contributed by atoms with van der Waals surface area (Å²) in [5.74, 6) is -0.195. The molecule has 1 aliphatic carbocycles. The molecule has 0 bridgehead atoms. The summed E-state index contributed by atoms with van der Waals surface area (Å²) in [6.45, 7) is 1.54. The Hall–Kier alpha value is -1.40. The highest BCUT2D eigenvalue weighted by molar-refractivity contribution is 5.03. The maximum Gasteiger partial charge on any atom is 0.328 e. The molecule has 1 aromatic heterocycles. The van der Waals surface area contributed by atoms with Crippen LogP contribution in [-0.4, -0.2) is 32.5 Å². The lowest BCUT2D eigenvalue weighted by molar-refractivity contribution is 0.0906.